The number of hydrogen-bond donors (Lipinski definition) is 2. The Labute approximate surface area is 114 Å². The standard InChI is InChI=1S/C12H20N4O.ClH/c1-16-9-10(7-15-16)4-6-14-12(17)11-3-2-5-13-8-11;/h7,9,11,13H,2-6,8H2,1H3,(H,14,17);1H/t11-;/m1./s1. The van der Waals surface area contributed by atoms with Crippen LogP contribution >= 0.6 is 12.4 Å². The smallest absolute Gasteiger partial charge is 0.224 e. The second-order valence-corrected chi connectivity index (χ2v) is 4.61. The normalized spacial score (nSPS) is 19.1. The molecule has 1 aromatic heterocycles. The summed E-state index contributed by atoms with van der Waals surface area (Å²) < 4.78 is 1.78. The first-order valence-electron chi connectivity index (χ1n) is 6.21. The fraction of sp³-hybridized carbons (Fsp3) is 0.667. The van der Waals surface area contributed by atoms with E-state index in [9.17, 15) is 4.79 Å². The lowest BCUT2D eigenvalue weighted by Crippen LogP contribution is -2.41. The van der Waals surface area contributed by atoms with Crippen LogP contribution in [0.3, 0.4) is 0 Å². The first-order chi connectivity index (χ1) is 8.25. The average Bonchev–Trinajstić information content (AvgIpc) is 2.76. The van der Waals surface area contributed by atoms with E-state index in [1.807, 2.05) is 19.4 Å². The van der Waals surface area contributed by atoms with E-state index in [1.165, 1.54) is 0 Å². The average molecular weight is 273 g/mol. The molecular formula is C12H21ClN4O. The molecule has 5 nitrogen and oxygen atoms in total. The maximum atomic E-state index is 11.8. The Morgan fingerprint density at radius 1 is 1.67 bits per heavy atom. The van der Waals surface area contributed by atoms with Crippen molar-refractivity contribution in [3.05, 3.63) is 18.0 Å². The Morgan fingerprint density at radius 3 is 3.11 bits per heavy atom. The molecule has 2 N–H and O–H groups in total. The molecule has 1 atom stereocenters. The number of amides is 1. The van der Waals surface area contributed by atoms with Gasteiger partial charge in [0.1, 0.15) is 0 Å². The number of rotatable bonds is 4. The number of hydrogen-bond acceptors (Lipinski definition) is 3. The van der Waals surface area contributed by atoms with Crippen LogP contribution in [0.5, 0.6) is 0 Å². The van der Waals surface area contributed by atoms with E-state index in [0.29, 0.717) is 6.54 Å². The lowest BCUT2D eigenvalue weighted by molar-refractivity contribution is -0.125. The zero-order chi connectivity index (χ0) is 12.1. The van der Waals surface area contributed by atoms with Crippen LogP contribution in [-0.4, -0.2) is 35.3 Å². The van der Waals surface area contributed by atoms with E-state index in [4.69, 9.17) is 0 Å². The van der Waals surface area contributed by atoms with E-state index in [2.05, 4.69) is 15.7 Å². The summed E-state index contributed by atoms with van der Waals surface area (Å²) in [7, 11) is 1.90. The first-order valence-corrected chi connectivity index (χ1v) is 6.21. The summed E-state index contributed by atoms with van der Waals surface area (Å²) in [5.41, 5.74) is 1.16. The highest BCUT2D eigenvalue weighted by atomic mass is 35.5. The van der Waals surface area contributed by atoms with E-state index in [-0.39, 0.29) is 24.2 Å². The van der Waals surface area contributed by atoms with Crippen LogP contribution in [-0.2, 0) is 18.3 Å². The summed E-state index contributed by atoms with van der Waals surface area (Å²) in [6.07, 6.45) is 6.77. The summed E-state index contributed by atoms with van der Waals surface area (Å²) >= 11 is 0. The Balaban J connectivity index is 0.00000162. The molecule has 0 saturated carbocycles. The van der Waals surface area contributed by atoms with Crippen molar-refractivity contribution >= 4 is 18.3 Å². The van der Waals surface area contributed by atoms with Crippen LogP contribution < -0.4 is 10.6 Å². The van der Waals surface area contributed by atoms with E-state index in [0.717, 1.165) is 37.9 Å². The van der Waals surface area contributed by atoms with Gasteiger partial charge >= 0.3 is 0 Å². The number of carbonyl (C=O) groups is 1. The van der Waals surface area contributed by atoms with Crippen molar-refractivity contribution in [3.63, 3.8) is 0 Å². The molecule has 1 aliphatic rings. The van der Waals surface area contributed by atoms with Gasteiger partial charge in [-0.05, 0) is 31.4 Å². The van der Waals surface area contributed by atoms with Gasteiger partial charge in [-0.15, -0.1) is 12.4 Å². The molecule has 0 radical (unpaired) electrons. The molecule has 0 aromatic carbocycles. The van der Waals surface area contributed by atoms with E-state index in [1.54, 1.807) is 4.68 Å². The first kappa shape index (κ1) is 15.0. The summed E-state index contributed by atoms with van der Waals surface area (Å²) in [6, 6.07) is 0. The van der Waals surface area contributed by atoms with Gasteiger partial charge in [-0.3, -0.25) is 9.48 Å². The predicted molar refractivity (Wildman–Crippen MR) is 72.8 cm³/mol. The largest absolute Gasteiger partial charge is 0.355 e. The minimum atomic E-state index is 0. The third-order valence-electron chi connectivity index (χ3n) is 3.14. The van der Waals surface area contributed by atoms with Crippen LogP contribution in [0.1, 0.15) is 18.4 Å². The molecule has 1 amide bonds. The number of nitrogens with zero attached hydrogens (tertiary/aromatic N) is 2. The van der Waals surface area contributed by atoms with Crippen LogP contribution in [0.2, 0.25) is 0 Å². The number of nitrogens with one attached hydrogen (secondary N) is 2. The molecule has 1 aliphatic heterocycles. The molecule has 0 unspecified atom stereocenters. The summed E-state index contributed by atoms with van der Waals surface area (Å²) in [4.78, 5) is 11.8. The second kappa shape index (κ2) is 7.38. The maximum absolute atomic E-state index is 11.8. The van der Waals surface area contributed by atoms with Crippen LogP contribution in [0, 0.1) is 5.92 Å². The van der Waals surface area contributed by atoms with Crippen molar-refractivity contribution in [2.24, 2.45) is 13.0 Å². The molecule has 1 saturated heterocycles. The molecule has 1 aromatic rings. The summed E-state index contributed by atoms with van der Waals surface area (Å²) in [5.74, 6) is 0.332. The number of halogens is 1. The van der Waals surface area contributed by atoms with Gasteiger partial charge in [0, 0.05) is 26.3 Å². The highest BCUT2D eigenvalue weighted by molar-refractivity contribution is 5.85. The van der Waals surface area contributed by atoms with Crippen molar-refractivity contribution in [2.45, 2.75) is 19.3 Å². The molecule has 1 fully saturated rings. The number of piperidine rings is 1. The zero-order valence-corrected chi connectivity index (χ0v) is 11.5. The highest BCUT2D eigenvalue weighted by Crippen LogP contribution is 2.09. The fourth-order valence-electron chi connectivity index (χ4n) is 2.15. The molecular weight excluding hydrogens is 252 g/mol. The highest BCUT2D eigenvalue weighted by Gasteiger charge is 2.20. The lowest BCUT2D eigenvalue weighted by Gasteiger charge is -2.21. The van der Waals surface area contributed by atoms with Gasteiger partial charge in [-0.1, -0.05) is 0 Å². The molecule has 0 aliphatic carbocycles. The quantitative estimate of drug-likeness (QED) is 0.839. The van der Waals surface area contributed by atoms with Crippen LogP contribution in [0.4, 0.5) is 0 Å². The number of aromatic nitrogens is 2. The van der Waals surface area contributed by atoms with Gasteiger partial charge in [0.05, 0.1) is 12.1 Å². The molecule has 0 spiro atoms. The van der Waals surface area contributed by atoms with Crippen LogP contribution in [0.25, 0.3) is 0 Å². The van der Waals surface area contributed by atoms with Gasteiger partial charge in [0.15, 0.2) is 0 Å². The lowest BCUT2D eigenvalue weighted by atomic mass is 9.99. The zero-order valence-electron chi connectivity index (χ0n) is 10.7. The Hall–Kier alpha value is -1.07. The third-order valence-corrected chi connectivity index (χ3v) is 3.14. The minimum absolute atomic E-state index is 0. The van der Waals surface area contributed by atoms with Crippen molar-refractivity contribution in [2.75, 3.05) is 19.6 Å². The second-order valence-electron chi connectivity index (χ2n) is 4.61. The number of aryl methyl sites for hydroxylation is 1. The number of carbonyl (C=O) groups excluding carboxylic acids is 1. The van der Waals surface area contributed by atoms with Gasteiger partial charge in [-0.2, -0.15) is 5.10 Å². The van der Waals surface area contributed by atoms with Gasteiger partial charge in [0.25, 0.3) is 0 Å². The van der Waals surface area contributed by atoms with E-state index < -0.39 is 0 Å². The van der Waals surface area contributed by atoms with E-state index >= 15 is 0 Å². The Kier molecular flexibility index (Phi) is 6.15. The van der Waals surface area contributed by atoms with Gasteiger partial charge in [-0.25, -0.2) is 0 Å². The maximum Gasteiger partial charge on any atom is 0.224 e. The van der Waals surface area contributed by atoms with Gasteiger partial charge in [0.2, 0.25) is 5.91 Å². The van der Waals surface area contributed by atoms with Crippen molar-refractivity contribution in [3.8, 4) is 0 Å². The topological polar surface area (TPSA) is 59.0 Å². The molecule has 0 bridgehead atoms. The SMILES string of the molecule is Cl.Cn1cc(CCNC(=O)[C@@H]2CCCNC2)cn1. The molecule has 102 valence electrons. The molecule has 6 heteroatoms. The van der Waals surface area contributed by atoms with Crippen molar-refractivity contribution in [1.29, 1.82) is 0 Å². The fourth-order valence-corrected chi connectivity index (χ4v) is 2.15. The predicted octanol–water partition coefficient (Wildman–Crippen LogP) is 0.500. The third kappa shape index (κ3) is 4.31. The Bertz CT molecular complexity index is 374. The summed E-state index contributed by atoms with van der Waals surface area (Å²) in [5, 5.41) is 10.3. The van der Waals surface area contributed by atoms with Crippen molar-refractivity contribution < 1.29 is 4.79 Å². The molecule has 18 heavy (non-hydrogen) atoms. The van der Waals surface area contributed by atoms with Crippen LogP contribution in [0.15, 0.2) is 12.4 Å². The Morgan fingerprint density at radius 2 is 2.50 bits per heavy atom. The minimum Gasteiger partial charge on any atom is -0.355 e. The molecule has 2 rings (SSSR count). The molecule has 2 heterocycles. The van der Waals surface area contributed by atoms with Crippen molar-refractivity contribution in [1.82, 2.24) is 20.4 Å². The monoisotopic (exact) mass is 272 g/mol. The van der Waals surface area contributed by atoms with Gasteiger partial charge < -0.3 is 10.6 Å². The summed E-state index contributed by atoms with van der Waals surface area (Å²) in [6.45, 7) is 2.55.